The van der Waals surface area contributed by atoms with Gasteiger partial charge in [-0.05, 0) is 49.1 Å². The van der Waals surface area contributed by atoms with Gasteiger partial charge in [-0.15, -0.1) is 0 Å². The molecule has 1 saturated carbocycles. The Morgan fingerprint density at radius 1 is 1.00 bits per heavy atom. The van der Waals surface area contributed by atoms with Crippen molar-refractivity contribution in [3.63, 3.8) is 0 Å². The van der Waals surface area contributed by atoms with Gasteiger partial charge < -0.3 is 5.32 Å². The van der Waals surface area contributed by atoms with Crippen molar-refractivity contribution >= 4 is 15.9 Å². The summed E-state index contributed by atoms with van der Waals surface area (Å²) in [4.78, 5) is 12.3. The minimum atomic E-state index is -3.69. The predicted octanol–water partition coefficient (Wildman–Crippen LogP) is 3.51. The maximum absolute atomic E-state index is 12.9. The number of hydrogen-bond acceptors (Lipinski definition) is 3. The number of carbonyl (C=O) groups excluding carboxylic acids is 1. The molecular weight excluding hydrogens is 391 g/mol. The smallest absolute Gasteiger partial charge is 0.240 e. The summed E-state index contributed by atoms with van der Waals surface area (Å²) in [5, 5.41) is 3.04. The highest BCUT2D eigenvalue weighted by Gasteiger charge is 2.35. The van der Waals surface area contributed by atoms with Crippen LogP contribution in [-0.4, -0.2) is 27.4 Å². The van der Waals surface area contributed by atoms with Gasteiger partial charge in [-0.3, -0.25) is 4.79 Å². The third-order valence-corrected chi connectivity index (χ3v) is 7.04. The predicted molar refractivity (Wildman–Crippen MR) is 110 cm³/mol. The van der Waals surface area contributed by atoms with Crippen LogP contribution in [0.15, 0.2) is 59.5 Å². The molecule has 5 nitrogen and oxygen atoms in total. The average Bonchev–Trinajstić information content (AvgIpc) is 3.21. The molecule has 0 bridgehead atoms. The molecule has 0 aromatic heterocycles. The number of halogens is 1. The molecule has 156 valence electrons. The fourth-order valence-corrected chi connectivity index (χ4v) is 4.99. The summed E-state index contributed by atoms with van der Waals surface area (Å²) in [5.74, 6) is -0.565. The Bertz CT molecular complexity index is 909. The Morgan fingerprint density at radius 2 is 1.66 bits per heavy atom. The van der Waals surface area contributed by atoms with Crippen LogP contribution < -0.4 is 10.0 Å². The molecule has 0 aliphatic heterocycles. The van der Waals surface area contributed by atoms with Crippen LogP contribution >= 0.6 is 0 Å². The molecule has 1 aliphatic carbocycles. The molecule has 1 aliphatic rings. The van der Waals surface area contributed by atoms with Gasteiger partial charge in [0.15, 0.2) is 0 Å². The van der Waals surface area contributed by atoms with Crippen LogP contribution in [0.3, 0.4) is 0 Å². The van der Waals surface area contributed by atoms with E-state index in [4.69, 9.17) is 0 Å². The fourth-order valence-electron chi connectivity index (χ4n) is 3.92. The van der Waals surface area contributed by atoms with Gasteiger partial charge in [0, 0.05) is 24.9 Å². The summed E-state index contributed by atoms with van der Waals surface area (Å²) in [6.45, 7) is 0.758. The minimum Gasteiger partial charge on any atom is -0.355 e. The van der Waals surface area contributed by atoms with Crippen LogP contribution in [0.4, 0.5) is 4.39 Å². The Hall–Kier alpha value is -2.25. The minimum absolute atomic E-state index is 0.00108. The molecule has 7 heteroatoms. The van der Waals surface area contributed by atoms with Gasteiger partial charge in [0.25, 0.3) is 0 Å². The van der Waals surface area contributed by atoms with Crippen molar-refractivity contribution < 1.29 is 17.6 Å². The summed E-state index contributed by atoms with van der Waals surface area (Å²) in [6.07, 6.45) is 5.09. The normalized spacial score (nSPS) is 15.9. The monoisotopic (exact) mass is 418 g/mol. The Balaban J connectivity index is 1.45. The molecule has 0 saturated heterocycles. The quantitative estimate of drug-likeness (QED) is 0.612. The third-order valence-electron chi connectivity index (χ3n) is 5.57. The van der Waals surface area contributed by atoms with E-state index in [0.717, 1.165) is 37.8 Å². The molecule has 1 fully saturated rings. The van der Waals surface area contributed by atoms with Gasteiger partial charge in [-0.25, -0.2) is 17.5 Å². The standard InChI is InChI=1S/C22H27FN2O3S/c23-19-10-12-20(13-11-19)29(27,28)25-16-6-9-21(26)24-17-22(14-4-5-15-22)18-7-2-1-3-8-18/h1-3,7-8,10-13,25H,4-6,9,14-17H2,(H,24,26). The molecule has 0 heterocycles. The van der Waals surface area contributed by atoms with E-state index in [2.05, 4.69) is 22.2 Å². The molecule has 3 rings (SSSR count). The van der Waals surface area contributed by atoms with E-state index in [1.807, 2.05) is 18.2 Å². The van der Waals surface area contributed by atoms with Gasteiger partial charge in [0.1, 0.15) is 5.82 Å². The van der Waals surface area contributed by atoms with Crippen molar-refractivity contribution in [2.24, 2.45) is 0 Å². The van der Waals surface area contributed by atoms with Gasteiger partial charge in [0.05, 0.1) is 4.90 Å². The number of amides is 1. The first-order valence-electron chi connectivity index (χ1n) is 9.99. The van der Waals surface area contributed by atoms with Crippen molar-refractivity contribution in [3.8, 4) is 0 Å². The summed E-state index contributed by atoms with van der Waals surface area (Å²) in [5.41, 5.74) is 1.27. The lowest BCUT2D eigenvalue weighted by Gasteiger charge is -2.30. The van der Waals surface area contributed by atoms with Crippen molar-refractivity contribution in [3.05, 3.63) is 66.0 Å². The molecular formula is C22H27FN2O3S. The fraction of sp³-hybridized carbons (Fsp3) is 0.409. The van der Waals surface area contributed by atoms with Gasteiger partial charge in [0.2, 0.25) is 15.9 Å². The molecule has 0 atom stereocenters. The number of hydrogen-bond donors (Lipinski definition) is 2. The van der Waals surface area contributed by atoms with E-state index in [0.29, 0.717) is 13.0 Å². The zero-order valence-corrected chi connectivity index (χ0v) is 17.2. The molecule has 29 heavy (non-hydrogen) atoms. The summed E-state index contributed by atoms with van der Waals surface area (Å²) < 4.78 is 39.7. The van der Waals surface area contributed by atoms with Crippen LogP contribution in [0.1, 0.15) is 44.1 Å². The Kier molecular flexibility index (Phi) is 7.03. The number of benzene rings is 2. The van der Waals surface area contributed by atoms with Crippen molar-refractivity contribution in [1.82, 2.24) is 10.0 Å². The first-order valence-corrected chi connectivity index (χ1v) is 11.5. The van der Waals surface area contributed by atoms with Gasteiger partial charge >= 0.3 is 0 Å². The third kappa shape index (κ3) is 5.64. The van der Waals surface area contributed by atoms with Crippen molar-refractivity contribution in [2.45, 2.75) is 48.8 Å². The maximum atomic E-state index is 12.9. The van der Waals surface area contributed by atoms with Crippen LogP contribution in [0.5, 0.6) is 0 Å². The van der Waals surface area contributed by atoms with Crippen LogP contribution in [0.25, 0.3) is 0 Å². The van der Waals surface area contributed by atoms with E-state index in [1.54, 1.807) is 0 Å². The van der Waals surface area contributed by atoms with E-state index >= 15 is 0 Å². The second-order valence-corrected chi connectivity index (χ2v) is 9.35. The lowest BCUT2D eigenvalue weighted by atomic mass is 9.79. The molecule has 0 radical (unpaired) electrons. The SMILES string of the molecule is O=C(CCCNS(=O)(=O)c1ccc(F)cc1)NCC1(c2ccccc2)CCCC1. The van der Waals surface area contributed by atoms with Crippen LogP contribution in [0, 0.1) is 5.82 Å². The Morgan fingerprint density at radius 3 is 2.31 bits per heavy atom. The van der Waals surface area contributed by atoms with Crippen molar-refractivity contribution in [2.75, 3.05) is 13.1 Å². The van der Waals surface area contributed by atoms with E-state index in [9.17, 15) is 17.6 Å². The second-order valence-electron chi connectivity index (χ2n) is 7.59. The largest absolute Gasteiger partial charge is 0.355 e. The highest BCUT2D eigenvalue weighted by atomic mass is 32.2. The molecule has 2 aromatic rings. The Labute approximate surface area is 171 Å². The van der Waals surface area contributed by atoms with E-state index < -0.39 is 15.8 Å². The molecule has 1 amide bonds. The highest BCUT2D eigenvalue weighted by molar-refractivity contribution is 7.89. The van der Waals surface area contributed by atoms with Crippen LogP contribution in [-0.2, 0) is 20.2 Å². The first-order chi connectivity index (χ1) is 13.9. The first kappa shape index (κ1) is 21.5. The lowest BCUT2D eigenvalue weighted by Crippen LogP contribution is -2.39. The average molecular weight is 419 g/mol. The maximum Gasteiger partial charge on any atom is 0.240 e. The highest BCUT2D eigenvalue weighted by Crippen LogP contribution is 2.40. The zero-order chi connectivity index (χ0) is 20.7. The summed E-state index contributed by atoms with van der Waals surface area (Å²) in [7, 11) is -3.69. The molecule has 2 aromatic carbocycles. The van der Waals surface area contributed by atoms with Crippen LogP contribution in [0.2, 0.25) is 0 Å². The summed E-state index contributed by atoms with van der Waals surface area (Å²) in [6, 6.07) is 15.0. The topological polar surface area (TPSA) is 75.3 Å². The number of carbonyl (C=O) groups is 1. The molecule has 2 N–H and O–H groups in total. The second kappa shape index (κ2) is 9.50. The number of sulfonamides is 1. The van der Waals surface area contributed by atoms with E-state index in [1.165, 1.54) is 17.7 Å². The lowest BCUT2D eigenvalue weighted by molar-refractivity contribution is -0.121. The van der Waals surface area contributed by atoms with Crippen molar-refractivity contribution in [1.29, 1.82) is 0 Å². The van der Waals surface area contributed by atoms with E-state index in [-0.39, 0.29) is 29.2 Å². The molecule has 0 unspecified atom stereocenters. The number of nitrogens with one attached hydrogen (secondary N) is 2. The van der Waals surface area contributed by atoms with Gasteiger partial charge in [-0.1, -0.05) is 43.2 Å². The molecule has 0 spiro atoms. The number of rotatable bonds is 9. The summed E-state index contributed by atoms with van der Waals surface area (Å²) >= 11 is 0. The zero-order valence-electron chi connectivity index (χ0n) is 16.4. The van der Waals surface area contributed by atoms with Gasteiger partial charge in [-0.2, -0.15) is 0 Å².